The molecule has 0 spiro atoms. The molecule has 15 heavy (non-hydrogen) atoms. The highest BCUT2D eigenvalue weighted by Gasteiger charge is 2.34. The lowest BCUT2D eigenvalue weighted by Gasteiger charge is -2.18. The average Bonchev–Trinajstić information content (AvgIpc) is 2.57. The number of rotatable bonds is 2. The summed E-state index contributed by atoms with van der Waals surface area (Å²) in [4.78, 5) is 11.5. The van der Waals surface area contributed by atoms with Gasteiger partial charge in [-0.2, -0.15) is 0 Å². The number of carbonyl (C=O) groups is 1. The zero-order valence-electron chi connectivity index (χ0n) is 9.72. The van der Waals surface area contributed by atoms with Crippen LogP contribution in [-0.2, 0) is 9.53 Å². The van der Waals surface area contributed by atoms with Crippen molar-refractivity contribution >= 4 is 5.97 Å². The highest BCUT2D eigenvalue weighted by atomic mass is 16.5. The number of allylic oxidation sites excluding steroid dienone is 3. The lowest BCUT2D eigenvalue weighted by molar-refractivity contribution is -0.138. The van der Waals surface area contributed by atoms with Gasteiger partial charge in [0.15, 0.2) is 0 Å². The van der Waals surface area contributed by atoms with Gasteiger partial charge in [0, 0.05) is 12.0 Å². The first-order valence-corrected chi connectivity index (χ1v) is 5.60. The van der Waals surface area contributed by atoms with Crippen molar-refractivity contribution in [2.24, 2.45) is 5.41 Å². The highest BCUT2D eigenvalue weighted by Crippen LogP contribution is 2.47. The number of ether oxygens (including phenoxy) is 1. The van der Waals surface area contributed by atoms with Gasteiger partial charge in [-0.1, -0.05) is 19.4 Å². The Kier molecular flexibility index (Phi) is 2.45. The topological polar surface area (TPSA) is 26.3 Å². The Morgan fingerprint density at radius 2 is 2.20 bits per heavy atom. The first-order valence-electron chi connectivity index (χ1n) is 5.60. The van der Waals surface area contributed by atoms with Crippen LogP contribution in [0.2, 0.25) is 0 Å². The minimum atomic E-state index is -0.135. The van der Waals surface area contributed by atoms with Crippen LogP contribution in [0, 0.1) is 5.41 Å². The molecule has 0 bridgehead atoms. The van der Waals surface area contributed by atoms with Crippen LogP contribution in [0.25, 0.3) is 0 Å². The predicted octanol–water partition coefficient (Wildman–Crippen LogP) is 3.00. The quantitative estimate of drug-likeness (QED) is 0.649. The Hall–Kier alpha value is -1.05. The minimum absolute atomic E-state index is 0.135. The molecule has 2 rings (SSSR count). The van der Waals surface area contributed by atoms with Crippen molar-refractivity contribution in [2.75, 3.05) is 6.61 Å². The van der Waals surface area contributed by atoms with Crippen LogP contribution in [0.5, 0.6) is 0 Å². The Bertz CT molecular complexity index is 359. The van der Waals surface area contributed by atoms with E-state index in [2.05, 4.69) is 13.8 Å². The second kappa shape index (κ2) is 3.51. The van der Waals surface area contributed by atoms with E-state index in [-0.39, 0.29) is 5.97 Å². The normalized spacial score (nSPS) is 22.7. The standard InChI is InChI=1S/C13H18O2/c1-4-15-12(14)9-5-10-7-13(2,3)8-11(10)6-9/h5H,4,6-8H2,1-3H3. The van der Waals surface area contributed by atoms with Gasteiger partial charge in [-0.3, -0.25) is 0 Å². The second-order valence-electron chi connectivity index (χ2n) is 5.21. The maximum Gasteiger partial charge on any atom is 0.334 e. The molecule has 2 heteroatoms. The molecule has 2 nitrogen and oxygen atoms in total. The molecule has 2 aliphatic rings. The van der Waals surface area contributed by atoms with E-state index in [0.29, 0.717) is 12.0 Å². The number of carbonyl (C=O) groups excluding carboxylic acids is 1. The van der Waals surface area contributed by atoms with E-state index in [1.807, 2.05) is 13.0 Å². The molecular formula is C13H18O2. The van der Waals surface area contributed by atoms with Gasteiger partial charge in [-0.05, 0) is 36.8 Å². The molecular weight excluding hydrogens is 188 g/mol. The van der Waals surface area contributed by atoms with Crippen LogP contribution in [-0.4, -0.2) is 12.6 Å². The predicted molar refractivity (Wildman–Crippen MR) is 59.4 cm³/mol. The Labute approximate surface area is 91.0 Å². The largest absolute Gasteiger partial charge is 0.463 e. The van der Waals surface area contributed by atoms with Crippen molar-refractivity contribution in [3.05, 3.63) is 22.8 Å². The SMILES string of the molecule is CCOC(=O)C1=CC2=C(C1)CC(C)(C)C2. The summed E-state index contributed by atoms with van der Waals surface area (Å²) < 4.78 is 5.01. The van der Waals surface area contributed by atoms with E-state index in [0.717, 1.165) is 24.8 Å². The van der Waals surface area contributed by atoms with Crippen LogP contribution in [0.3, 0.4) is 0 Å². The zero-order chi connectivity index (χ0) is 11.1. The van der Waals surface area contributed by atoms with Gasteiger partial charge in [0.2, 0.25) is 0 Å². The van der Waals surface area contributed by atoms with Crippen LogP contribution >= 0.6 is 0 Å². The fraction of sp³-hybridized carbons (Fsp3) is 0.615. The molecule has 0 N–H and O–H groups in total. The van der Waals surface area contributed by atoms with E-state index in [1.54, 1.807) is 0 Å². The lowest BCUT2D eigenvalue weighted by Crippen LogP contribution is -2.10. The Morgan fingerprint density at radius 1 is 1.47 bits per heavy atom. The third-order valence-electron chi connectivity index (χ3n) is 3.10. The molecule has 2 aliphatic carbocycles. The molecule has 0 aromatic rings. The fourth-order valence-electron chi connectivity index (χ4n) is 2.57. The Balaban J connectivity index is 2.05. The van der Waals surface area contributed by atoms with E-state index in [4.69, 9.17) is 4.74 Å². The maximum absolute atomic E-state index is 11.5. The van der Waals surface area contributed by atoms with Crippen molar-refractivity contribution < 1.29 is 9.53 Å². The van der Waals surface area contributed by atoms with Crippen LogP contribution < -0.4 is 0 Å². The number of hydrogen-bond donors (Lipinski definition) is 0. The monoisotopic (exact) mass is 206 g/mol. The molecule has 0 fully saturated rings. The molecule has 0 aliphatic heterocycles. The number of hydrogen-bond acceptors (Lipinski definition) is 2. The minimum Gasteiger partial charge on any atom is -0.463 e. The van der Waals surface area contributed by atoms with Gasteiger partial charge in [0.25, 0.3) is 0 Å². The molecule has 0 amide bonds. The van der Waals surface area contributed by atoms with E-state index in [1.165, 1.54) is 11.1 Å². The van der Waals surface area contributed by atoms with Gasteiger partial charge in [-0.25, -0.2) is 4.79 Å². The van der Waals surface area contributed by atoms with Gasteiger partial charge >= 0.3 is 5.97 Å². The zero-order valence-corrected chi connectivity index (χ0v) is 9.72. The number of esters is 1. The molecule has 0 unspecified atom stereocenters. The fourth-order valence-corrected chi connectivity index (χ4v) is 2.57. The maximum atomic E-state index is 11.5. The summed E-state index contributed by atoms with van der Waals surface area (Å²) in [6.07, 6.45) is 5.09. The van der Waals surface area contributed by atoms with Crippen LogP contribution in [0.15, 0.2) is 22.8 Å². The third-order valence-corrected chi connectivity index (χ3v) is 3.10. The van der Waals surface area contributed by atoms with E-state index < -0.39 is 0 Å². The van der Waals surface area contributed by atoms with Gasteiger partial charge < -0.3 is 4.74 Å². The van der Waals surface area contributed by atoms with Gasteiger partial charge in [0.1, 0.15) is 0 Å². The van der Waals surface area contributed by atoms with Crippen molar-refractivity contribution in [1.29, 1.82) is 0 Å². The average molecular weight is 206 g/mol. The van der Waals surface area contributed by atoms with Gasteiger partial charge in [-0.15, -0.1) is 0 Å². The molecule has 0 aromatic carbocycles. The van der Waals surface area contributed by atoms with Crippen molar-refractivity contribution in [3.8, 4) is 0 Å². The van der Waals surface area contributed by atoms with Crippen molar-refractivity contribution in [1.82, 2.24) is 0 Å². The highest BCUT2D eigenvalue weighted by molar-refractivity contribution is 5.91. The van der Waals surface area contributed by atoms with Crippen molar-refractivity contribution in [2.45, 2.75) is 40.0 Å². The molecule has 0 saturated heterocycles. The lowest BCUT2D eigenvalue weighted by atomic mass is 9.87. The first-order chi connectivity index (χ1) is 7.02. The Morgan fingerprint density at radius 3 is 2.80 bits per heavy atom. The van der Waals surface area contributed by atoms with Gasteiger partial charge in [0.05, 0.1) is 6.61 Å². The summed E-state index contributed by atoms with van der Waals surface area (Å²) in [5, 5.41) is 0. The summed E-state index contributed by atoms with van der Waals surface area (Å²) >= 11 is 0. The van der Waals surface area contributed by atoms with Crippen molar-refractivity contribution in [3.63, 3.8) is 0 Å². The molecule has 0 atom stereocenters. The summed E-state index contributed by atoms with van der Waals surface area (Å²) in [5.41, 5.74) is 4.06. The van der Waals surface area contributed by atoms with E-state index in [9.17, 15) is 4.79 Å². The molecule has 82 valence electrons. The second-order valence-corrected chi connectivity index (χ2v) is 5.21. The molecule has 0 heterocycles. The third kappa shape index (κ3) is 1.99. The molecule has 0 aromatic heterocycles. The van der Waals surface area contributed by atoms with E-state index >= 15 is 0 Å². The summed E-state index contributed by atoms with van der Waals surface area (Å²) in [7, 11) is 0. The smallest absolute Gasteiger partial charge is 0.334 e. The summed E-state index contributed by atoms with van der Waals surface area (Å²) in [6, 6.07) is 0. The molecule has 0 saturated carbocycles. The summed E-state index contributed by atoms with van der Waals surface area (Å²) in [5.74, 6) is -0.135. The van der Waals surface area contributed by atoms with Crippen LogP contribution in [0.1, 0.15) is 40.0 Å². The molecule has 0 radical (unpaired) electrons. The van der Waals surface area contributed by atoms with Crippen LogP contribution in [0.4, 0.5) is 0 Å². The first kappa shape index (κ1) is 10.5. The summed E-state index contributed by atoms with van der Waals surface area (Å²) in [6.45, 7) is 6.87.